The second kappa shape index (κ2) is 8.38. The first-order valence-electron chi connectivity index (χ1n) is 9.36. The van der Waals surface area contributed by atoms with Gasteiger partial charge in [0.2, 0.25) is 5.91 Å². The van der Waals surface area contributed by atoms with Gasteiger partial charge in [0.05, 0.1) is 0 Å². The first-order valence-corrected chi connectivity index (χ1v) is 10.3. The summed E-state index contributed by atoms with van der Waals surface area (Å²) in [5.74, 6) is 0.882. The van der Waals surface area contributed by atoms with Gasteiger partial charge in [-0.2, -0.15) is 11.3 Å². The van der Waals surface area contributed by atoms with Gasteiger partial charge in [-0.05, 0) is 78.9 Å². The van der Waals surface area contributed by atoms with Crippen LogP contribution in [0.1, 0.15) is 44.1 Å². The molecule has 140 valence electrons. The molecule has 0 bridgehead atoms. The Morgan fingerprint density at radius 1 is 1.32 bits per heavy atom. The first-order chi connectivity index (χ1) is 11.8. The number of piperidine rings is 1. The fourth-order valence-electron chi connectivity index (χ4n) is 4.50. The minimum absolute atomic E-state index is 0. The molecule has 2 aliphatic heterocycles. The lowest BCUT2D eigenvalue weighted by Gasteiger charge is -2.31. The number of nitrogens with zero attached hydrogens (tertiary/aromatic N) is 1. The molecule has 4 nitrogen and oxygen atoms in total. The van der Waals surface area contributed by atoms with Gasteiger partial charge in [-0.1, -0.05) is 0 Å². The average molecular weight is 385 g/mol. The molecule has 3 heterocycles. The van der Waals surface area contributed by atoms with Gasteiger partial charge in [-0.3, -0.25) is 4.79 Å². The molecule has 1 saturated carbocycles. The summed E-state index contributed by atoms with van der Waals surface area (Å²) in [6.07, 6.45) is 6.44. The zero-order chi connectivity index (χ0) is 16.4. The van der Waals surface area contributed by atoms with E-state index >= 15 is 0 Å². The number of hydrogen-bond acceptors (Lipinski definition) is 4. The lowest BCUT2D eigenvalue weighted by atomic mass is 9.92. The van der Waals surface area contributed by atoms with E-state index in [1.165, 1.54) is 24.8 Å². The summed E-state index contributed by atoms with van der Waals surface area (Å²) in [7, 11) is 0. The average Bonchev–Trinajstić information content (AvgIpc) is 3.05. The Balaban J connectivity index is 0.00000182. The fraction of sp³-hybridized carbons (Fsp3) is 0.737. The number of carbonyl (C=O) groups excluding carboxylic acids is 1. The lowest BCUT2D eigenvalue weighted by molar-refractivity contribution is -0.134. The zero-order valence-electron chi connectivity index (χ0n) is 14.7. The third-order valence-corrected chi connectivity index (χ3v) is 6.91. The number of nitrogens with one attached hydrogen (secondary N) is 1. The summed E-state index contributed by atoms with van der Waals surface area (Å²) < 4.78 is 5.45. The van der Waals surface area contributed by atoms with Crippen LogP contribution in [0.2, 0.25) is 0 Å². The predicted molar refractivity (Wildman–Crippen MR) is 103 cm³/mol. The van der Waals surface area contributed by atoms with E-state index in [2.05, 4.69) is 27.0 Å². The van der Waals surface area contributed by atoms with Crippen molar-refractivity contribution in [1.29, 1.82) is 0 Å². The minimum Gasteiger partial charge on any atom is -0.381 e. The maximum absolute atomic E-state index is 13.1. The Hall–Kier alpha value is -0.620. The number of amides is 1. The van der Waals surface area contributed by atoms with Crippen molar-refractivity contribution in [2.45, 2.75) is 51.1 Å². The third-order valence-electron chi connectivity index (χ3n) is 6.18. The predicted octanol–water partition coefficient (Wildman–Crippen LogP) is 3.46. The molecule has 1 aliphatic carbocycles. The molecule has 25 heavy (non-hydrogen) atoms. The van der Waals surface area contributed by atoms with Crippen LogP contribution in [0, 0.1) is 11.3 Å². The topological polar surface area (TPSA) is 41.6 Å². The van der Waals surface area contributed by atoms with E-state index in [1.807, 2.05) is 0 Å². The second-order valence-corrected chi connectivity index (χ2v) is 8.53. The number of rotatable bonds is 5. The van der Waals surface area contributed by atoms with Crippen LogP contribution in [0.25, 0.3) is 0 Å². The van der Waals surface area contributed by atoms with Gasteiger partial charge in [0.1, 0.15) is 0 Å². The molecule has 1 amide bonds. The van der Waals surface area contributed by atoms with E-state index in [0.717, 1.165) is 45.7 Å². The maximum atomic E-state index is 13.1. The number of hydrogen-bond donors (Lipinski definition) is 1. The van der Waals surface area contributed by atoms with E-state index in [-0.39, 0.29) is 12.4 Å². The number of ether oxygens (including phenoxy) is 1. The van der Waals surface area contributed by atoms with E-state index in [4.69, 9.17) is 4.74 Å². The van der Waals surface area contributed by atoms with Gasteiger partial charge < -0.3 is 15.0 Å². The molecule has 0 radical (unpaired) electrons. The molecule has 4 rings (SSSR count). The van der Waals surface area contributed by atoms with Gasteiger partial charge in [0, 0.05) is 32.2 Å². The largest absolute Gasteiger partial charge is 0.381 e. The monoisotopic (exact) mass is 384 g/mol. The van der Waals surface area contributed by atoms with E-state index < -0.39 is 0 Å². The highest BCUT2D eigenvalue weighted by Crippen LogP contribution is 2.56. The Morgan fingerprint density at radius 2 is 2.08 bits per heavy atom. The van der Waals surface area contributed by atoms with Gasteiger partial charge in [-0.25, -0.2) is 0 Å². The van der Waals surface area contributed by atoms with Gasteiger partial charge in [0.15, 0.2) is 0 Å². The van der Waals surface area contributed by atoms with Crippen molar-refractivity contribution < 1.29 is 9.53 Å². The van der Waals surface area contributed by atoms with Crippen molar-refractivity contribution in [3.63, 3.8) is 0 Å². The van der Waals surface area contributed by atoms with Crippen LogP contribution in [0.4, 0.5) is 0 Å². The highest BCUT2D eigenvalue weighted by molar-refractivity contribution is 7.07. The van der Waals surface area contributed by atoms with Crippen LogP contribution in [-0.2, 0) is 16.1 Å². The normalized spacial score (nSPS) is 25.4. The standard InChI is InChI=1S/C19H28N2O2S.ClH/c22-18(11-15-1-8-23-9-2-15)21(13-16-3-10-24-14-16)17-12-19(17)4-6-20-7-5-19;/h3,10,14-15,17,20H,1-2,4-9,11-13H2;1H. The summed E-state index contributed by atoms with van der Waals surface area (Å²) in [6.45, 7) is 4.66. The molecule has 3 fully saturated rings. The van der Waals surface area contributed by atoms with Crippen LogP contribution >= 0.6 is 23.7 Å². The molecule has 1 unspecified atom stereocenters. The minimum atomic E-state index is 0. The molecule has 0 aromatic carbocycles. The van der Waals surface area contributed by atoms with Gasteiger partial charge in [0.25, 0.3) is 0 Å². The van der Waals surface area contributed by atoms with Crippen molar-refractivity contribution in [2.75, 3.05) is 26.3 Å². The Morgan fingerprint density at radius 3 is 2.76 bits per heavy atom. The molecular weight excluding hydrogens is 356 g/mol. The highest BCUT2D eigenvalue weighted by atomic mass is 35.5. The summed E-state index contributed by atoms with van der Waals surface area (Å²) in [5.41, 5.74) is 1.70. The van der Waals surface area contributed by atoms with Crippen molar-refractivity contribution in [3.05, 3.63) is 22.4 Å². The molecule has 2 saturated heterocycles. The third kappa shape index (κ3) is 4.38. The zero-order valence-corrected chi connectivity index (χ0v) is 16.4. The van der Waals surface area contributed by atoms with Gasteiger partial charge >= 0.3 is 0 Å². The van der Waals surface area contributed by atoms with Crippen LogP contribution in [0.5, 0.6) is 0 Å². The highest BCUT2D eigenvalue weighted by Gasteiger charge is 2.57. The number of carbonyl (C=O) groups is 1. The summed E-state index contributed by atoms with van der Waals surface area (Å²) in [5, 5.41) is 7.77. The van der Waals surface area contributed by atoms with E-state index in [1.54, 1.807) is 11.3 Å². The molecule has 1 aromatic heterocycles. The van der Waals surface area contributed by atoms with Crippen LogP contribution in [-0.4, -0.2) is 43.2 Å². The Labute approximate surface area is 160 Å². The molecule has 1 atom stereocenters. The summed E-state index contributed by atoms with van der Waals surface area (Å²) in [4.78, 5) is 15.3. The van der Waals surface area contributed by atoms with Crippen molar-refractivity contribution in [1.82, 2.24) is 10.2 Å². The molecule has 1 N–H and O–H groups in total. The van der Waals surface area contributed by atoms with E-state index in [0.29, 0.717) is 29.7 Å². The van der Waals surface area contributed by atoms with Crippen molar-refractivity contribution in [3.8, 4) is 0 Å². The second-order valence-electron chi connectivity index (χ2n) is 7.75. The van der Waals surface area contributed by atoms with Gasteiger partial charge in [-0.15, -0.1) is 12.4 Å². The van der Waals surface area contributed by atoms with Crippen LogP contribution in [0.15, 0.2) is 16.8 Å². The SMILES string of the molecule is Cl.O=C(CC1CCOCC1)N(Cc1ccsc1)C1CC12CCNCC2. The molecule has 1 aromatic rings. The quantitative estimate of drug-likeness (QED) is 0.845. The van der Waals surface area contributed by atoms with Crippen molar-refractivity contribution >= 4 is 29.7 Å². The molecule has 6 heteroatoms. The summed E-state index contributed by atoms with van der Waals surface area (Å²) >= 11 is 1.72. The Bertz CT molecular complexity index is 554. The first kappa shape index (κ1) is 19.2. The molecule has 3 aliphatic rings. The molecule has 1 spiro atoms. The van der Waals surface area contributed by atoms with Crippen LogP contribution in [0.3, 0.4) is 0 Å². The number of halogens is 1. The lowest BCUT2D eigenvalue weighted by Crippen LogP contribution is -2.40. The maximum Gasteiger partial charge on any atom is 0.223 e. The van der Waals surface area contributed by atoms with Crippen molar-refractivity contribution in [2.24, 2.45) is 11.3 Å². The molecular formula is C19H29ClN2O2S. The smallest absolute Gasteiger partial charge is 0.223 e. The van der Waals surface area contributed by atoms with E-state index in [9.17, 15) is 4.79 Å². The number of thiophene rings is 1. The fourth-order valence-corrected chi connectivity index (χ4v) is 5.15. The van der Waals surface area contributed by atoms with Crippen LogP contribution < -0.4 is 5.32 Å². The Kier molecular flexibility index (Phi) is 6.42. The summed E-state index contributed by atoms with van der Waals surface area (Å²) in [6, 6.07) is 2.63.